The first-order valence-corrected chi connectivity index (χ1v) is 10.7. The minimum Gasteiger partial charge on any atom is -0.350 e. The largest absolute Gasteiger partial charge is 0.350 e. The van der Waals surface area contributed by atoms with Gasteiger partial charge in [0.05, 0.1) is 4.90 Å². The van der Waals surface area contributed by atoms with Gasteiger partial charge >= 0.3 is 0 Å². The average Bonchev–Trinajstić information content (AvgIpc) is 2.71. The number of hydrogen-bond donors (Lipinski definition) is 1. The van der Waals surface area contributed by atoms with Crippen molar-refractivity contribution in [3.63, 3.8) is 0 Å². The Morgan fingerprint density at radius 2 is 1.59 bits per heavy atom. The van der Waals surface area contributed by atoms with Crippen LogP contribution in [-0.2, 0) is 9.84 Å². The zero-order valence-electron chi connectivity index (χ0n) is 16.2. The predicted octanol–water partition coefficient (Wildman–Crippen LogP) is 4.39. The van der Waals surface area contributed by atoms with Gasteiger partial charge in [-0.1, -0.05) is 36.4 Å². The molecule has 0 aromatic heterocycles. The number of carbonyl (C=O) groups is 1. The summed E-state index contributed by atoms with van der Waals surface area (Å²) in [4.78, 5) is 12.6. The molecule has 0 saturated heterocycles. The second-order valence-electron chi connectivity index (χ2n) is 6.91. The summed E-state index contributed by atoms with van der Waals surface area (Å²) in [5, 5.41) is 1.74. The third-order valence-corrected chi connectivity index (χ3v) is 7.02. The number of hydrogen-bond acceptors (Lipinski definition) is 3. The smallest absolute Gasteiger partial charge is 0.251 e. The van der Waals surface area contributed by atoms with Crippen molar-refractivity contribution in [1.82, 2.24) is 5.32 Å². The van der Waals surface area contributed by atoms with Crippen molar-refractivity contribution in [3.05, 3.63) is 101 Å². The summed E-state index contributed by atoms with van der Waals surface area (Å²) in [6.45, 7) is 3.77. The lowest BCUT2D eigenvalue weighted by molar-refractivity contribution is 0.0953. The SMILES string of the molecule is Cc1ccc(C(=O)NCC(c2ccccc2)S(=O)(=O)c2ccc(F)cc2)cc1C. The van der Waals surface area contributed by atoms with Crippen molar-refractivity contribution in [2.45, 2.75) is 24.0 Å². The summed E-state index contributed by atoms with van der Waals surface area (Å²) in [7, 11) is -3.85. The number of halogens is 1. The van der Waals surface area contributed by atoms with Gasteiger partial charge in [0.2, 0.25) is 0 Å². The summed E-state index contributed by atoms with van der Waals surface area (Å²) in [6.07, 6.45) is 0. The molecule has 150 valence electrons. The molecule has 3 aromatic rings. The highest BCUT2D eigenvalue weighted by molar-refractivity contribution is 7.91. The topological polar surface area (TPSA) is 63.2 Å². The van der Waals surface area contributed by atoms with Gasteiger partial charge in [0.25, 0.3) is 5.91 Å². The summed E-state index contributed by atoms with van der Waals surface area (Å²) >= 11 is 0. The number of benzene rings is 3. The highest BCUT2D eigenvalue weighted by atomic mass is 32.2. The molecule has 3 aromatic carbocycles. The second-order valence-corrected chi connectivity index (χ2v) is 9.04. The Labute approximate surface area is 170 Å². The van der Waals surface area contributed by atoms with Crippen LogP contribution in [0.3, 0.4) is 0 Å². The van der Waals surface area contributed by atoms with Gasteiger partial charge in [0.1, 0.15) is 11.1 Å². The summed E-state index contributed by atoms with van der Waals surface area (Å²) in [5.74, 6) is -0.855. The van der Waals surface area contributed by atoms with Gasteiger partial charge in [-0.05, 0) is 66.9 Å². The molecule has 0 saturated carbocycles. The van der Waals surface area contributed by atoms with Crippen molar-refractivity contribution in [3.8, 4) is 0 Å². The van der Waals surface area contributed by atoms with E-state index in [1.165, 1.54) is 12.1 Å². The fourth-order valence-electron chi connectivity index (χ4n) is 3.03. The first kappa shape index (κ1) is 20.7. The van der Waals surface area contributed by atoms with E-state index in [9.17, 15) is 17.6 Å². The van der Waals surface area contributed by atoms with E-state index in [-0.39, 0.29) is 17.3 Å². The Balaban J connectivity index is 1.89. The zero-order valence-corrected chi connectivity index (χ0v) is 17.0. The molecule has 1 N–H and O–H groups in total. The number of carbonyl (C=O) groups excluding carboxylic acids is 1. The predicted molar refractivity (Wildman–Crippen MR) is 111 cm³/mol. The molecule has 1 amide bonds. The quantitative estimate of drug-likeness (QED) is 0.612. The van der Waals surface area contributed by atoms with E-state index in [0.29, 0.717) is 11.1 Å². The molecule has 0 aliphatic heterocycles. The van der Waals surface area contributed by atoms with Crippen molar-refractivity contribution in [2.24, 2.45) is 0 Å². The van der Waals surface area contributed by atoms with Gasteiger partial charge in [-0.3, -0.25) is 4.79 Å². The molecule has 3 rings (SSSR count). The molecule has 0 radical (unpaired) electrons. The van der Waals surface area contributed by atoms with Crippen LogP contribution < -0.4 is 5.32 Å². The Kier molecular flexibility index (Phi) is 6.13. The maximum absolute atomic E-state index is 13.2. The summed E-state index contributed by atoms with van der Waals surface area (Å²) in [5.41, 5.74) is 3.08. The molecule has 1 unspecified atom stereocenters. The van der Waals surface area contributed by atoms with Crippen LogP contribution in [0.25, 0.3) is 0 Å². The third kappa shape index (κ3) is 4.71. The molecule has 0 bridgehead atoms. The Bertz CT molecular complexity index is 1110. The Hall–Kier alpha value is -2.99. The number of rotatable bonds is 6. The van der Waals surface area contributed by atoms with Gasteiger partial charge < -0.3 is 5.32 Å². The third-order valence-electron chi connectivity index (χ3n) is 4.91. The lowest BCUT2D eigenvalue weighted by atomic mass is 10.1. The van der Waals surface area contributed by atoms with Gasteiger partial charge in [-0.25, -0.2) is 12.8 Å². The standard InChI is InChI=1S/C23H22FNO3S/c1-16-8-9-19(14-17(16)2)23(26)25-15-22(18-6-4-3-5-7-18)29(27,28)21-12-10-20(24)11-13-21/h3-14,22H,15H2,1-2H3,(H,25,26). The maximum Gasteiger partial charge on any atom is 0.251 e. The Morgan fingerprint density at radius 3 is 2.21 bits per heavy atom. The first-order valence-electron chi connectivity index (χ1n) is 9.19. The second kappa shape index (κ2) is 8.57. The fourth-order valence-corrected chi connectivity index (χ4v) is 4.70. The molecule has 0 aliphatic carbocycles. The molecule has 0 heterocycles. The van der Waals surface area contributed by atoms with Crippen LogP contribution in [0.2, 0.25) is 0 Å². The molecule has 0 spiro atoms. The molecular formula is C23H22FNO3S. The number of sulfone groups is 1. The summed E-state index contributed by atoms with van der Waals surface area (Å²) in [6, 6.07) is 18.7. The highest BCUT2D eigenvalue weighted by Crippen LogP contribution is 2.28. The Morgan fingerprint density at radius 1 is 0.931 bits per heavy atom. The normalized spacial score (nSPS) is 12.4. The van der Waals surface area contributed by atoms with Gasteiger partial charge in [0, 0.05) is 12.1 Å². The van der Waals surface area contributed by atoms with Crippen LogP contribution in [0.5, 0.6) is 0 Å². The minimum absolute atomic E-state index is 0.00758. The van der Waals surface area contributed by atoms with Gasteiger partial charge in [0.15, 0.2) is 9.84 Å². The van der Waals surface area contributed by atoms with E-state index in [4.69, 9.17) is 0 Å². The highest BCUT2D eigenvalue weighted by Gasteiger charge is 2.29. The van der Waals surface area contributed by atoms with Crippen molar-refractivity contribution >= 4 is 15.7 Å². The zero-order chi connectivity index (χ0) is 21.0. The van der Waals surface area contributed by atoms with Crippen molar-refractivity contribution in [1.29, 1.82) is 0 Å². The van der Waals surface area contributed by atoms with Crippen LogP contribution >= 0.6 is 0 Å². The lowest BCUT2D eigenvalue weighted by Crippen LogP contribution is -2.32. The summed E-state index contributed by atoms with van der Waals surface area (Å²) < 4.78 is 39.7. The van der Waals surface area contributed by atoms with Crippen molar-refractivity contribution < 1.29 is 17.6 Å². The van der Waals surface area contributed by atoms with Crippen LogP contribution in [-0.4, -0.2) is 20.9 Å². The van der Waals surface area contributed by atoms with Crippen LogP contribution in [0.15, 0.2) is 77.7 Å². The van der Waals surface area contributed by atoms with Gasteiger partial charge in [-0.2, -0.15) is 0 Å². The van der Waals surface area contributed by atoms with E-state index < -0.39 is 20.9 Å². The fraction of sp³-hybridized carbons (Fsp3) is 0.174. The monoisotopic (exact) mass is 411 g/mol. The number of amides is 1. The van der Waals surface area contributed by atoms with E-state index in [0.717, 1.165) is 23.3 Å². The lowest BCUT2D eigenvalue weighted by Gasteiger charge is -2.19. The molecule has 4 nitrogen and oxygen atoms in total. The molecule has 0 aliphatic rings. The van der Waals surface area contributed by atoms with Crippen molar-refractivity contribution in [2.75, 3.05) is 6.54 Å². The first-order chi connectivity index (χ1) is 13.8. The average molecular weight is 411 g/mol. The number of nitrogens with one attached hydrogen (secondary N) is 1. The maximum atomic E-state index is 13.2. The number of aryl methyl sites for hydroxylation is 2. The van der Waals surface area contributed by atoms with E-state index in [2.05, 4.69) is 5.32 Å². The van der Waals surface area contributed by atoms with Crippen LogP contribution in [0.4, 0.5) is 4.39 Å². The molecule has 6 heteroatoms. The minimum atomic E-state index is -3.85. The molecule has 1 atom stereocenters. The molecular weight excluding hydrogens is 389 g/mol. The molecule has 0 fully saturated rings. The van der Waals surface area contributed by atoms with Crippen LogP contribution in [0.1, 0.15) is 32.3 Å². The van der Waals surface area contributed by atoms with E-state index in [1.54, 1.807) is 42.5 Å². The van der Waals surface area contributed by atoms with E-state index >= 15 is 0 Å². The molecule has 29 heavy (non-hydrogen) atoms. The van der Waals surface area contributed by atoms with E-state index in [1.807, 2.05) is 19.9 Å². The van der Waals surface area contributed by atoms with Gasteiger partial charge in [-0.15, -0.1) is 0 Å². The van der Waals surface area contributed by atoms with Crippen LogP contribution in [0, 0.1) is 19.7 Å².